The zero-order valence-electron chi connectivity index (χ0n) is 17.2. The number of guanidine groups is 1. The second-order valence-electron chi connectivity index (χ2n) is 6.99. The van der Waals surface area contributed by atoms with Gasteiger partial charge >= 0.3 is 0 Å². The maximum atomic E-state index is 12.3. The molecule has 1 aromatic rings. The first-order valence-electron chi connectivity index (χ1n) is 10.1. The van der Waals surface area contributed by atoms with Crippen LogP contribution in [0.1, 0.15) is 31.7 Å². The lowest BCUT2D eigenvalue weighted by Gasteiger charge is -2.16. The van der Waals surface area contributed by atoms with E-state index in [9.17, 15) is 4.79 Å². The van der Waals surface area contributed by atoms with Crippen molar-refractivity contribution in [3.8, 4) is 0 Å². The molecule has 5 nitrogen and oxygen atoms in total. The van der Waals surface area contributed by atoms with E-state index >= 15 is 0 Å². The maximum Gasteiger partial charge on any atom is 0.223 e. The fourth-order valence-electron chi connectivity index (χ4n) is 3.24. The number of hydrogen-bond donors (Lipinski definition) is 2. The molecule has 0 spiro atoms. The minimum atomic E-state index is 0. The van der Waals surface area contributed by atoms with Crippen molar-refractivity contribution in [2.75, 3.05) is 44.7 Å². The fourth-order valence-corrected chi connectivity index (χ4v) is 3.73. The first kappa shape index (κ1) is 25.1. The van der Waals surface area contributed by atoms with Gasteiger partial charge < -0.3 is 15.5 Å². The van der Waals surface area contributed by atoms with Gasteiger partial charge in [-0.1, -0.05) is 30.3 Å². The molecule has 1 atom stereocenters. The molecule has 1 unspecified atom stereocenters. The summed E-state index contributed by atoms with van der Waals surface area (Å²) in [6.07, 6.45) is 6.06. The van der Waals surface area contributed by atoms with Crippen molar-refractivity contribution in [2.45, 2.75) is 32.6 Å². The number of amides is 1. The van der Waals surface area contributed by atoms with Gasteiger partial charge in [0.1, 0.15) is 0 Å². The molecule has 0 saturated carbocycles. The van der Waals surface area contributed by atoms with Crippen molar-refractivity contribution in [1.29, 1.82) is 0 Å². The number of likely N-dealkylation sites (tertiary alicyclic amines) is 1. The molecule has 0 aliphatic carbocycles. The number of hydrogen-bond acceptors (Lipinski definition) is 3. The Balaban J connectivity index is 0.00000392. The molecule has 0 bridgehead atoms. The first-order chi connectivity index (χ1) is 13.2. The standard InChI is InChI=1S/C21H34N4OS.HI/c1-3-22-21(23-12-7-8-14-27-2)24-16-19-15-20(26)25(17-19)13-11-18-9-5-4-6-10-18;/h4-6,9-10,19H,3,7-8,11-17H2,1-2H3,(H2,22,23,24);1H. The molecule has 1 aliphatic heterocycles. The normalized spacial score (nSPS) is 16.8. The van der Waals surface area contributed by atoms with Gasteiger partial charge in [0.05, 0.1) is 0 Å². The number of unbranched alkanes of at least 4 members (excludes halogenated alkanes) is 1. The highest BCUT2D eigenvalue weighted by Crippen LogP contribution is 2.18. The van der Waals surface area contributed by atoms with Crippen LogP contribution in [0.5, 0.6) is 0 Å². The molecule has 1 amide bonds. The van der Waals surface area contributed by atoms with Gasteiger partial charge in [-0.2, -0.15) is 11.8 Å². The lowest BCUT2D eigenvalue weighted by Crippen LogP contribution is -2.38. The molecule has 2 rings (SSSR count). The summed E-state index contributed by atoms with van der Waals surface area (Å²) in [4.78, 5) is 19.0. The topological polar surface area (TPSA) is 56.7 Å². The third-order valence-electron chi connectivity index (χ3n) is 4.73. The van der Waals surface area contributed by atoms with Gasteiger partial charge in [0, 0.05) is 45.1 Å². The molecule has 28 heavy (non-hydrogen) atoms. The maximum absolute atomic E-state index is 12.3. The Bertz CT molecular complexity index is 585. The molecule has 0 aromatic heterocycles. The van der Waals surface area contributed by atoms with Crippen molar-refractivity contribution in [2.24, 2.45) is 10.9 Å². The van der Waals surface area contributed by atoms with Crippen LogP contribution in [-0.4, -0.2) is 61.5 Å². The van der Waals surface area contributed by atoms with E-state index in [4.69, 9.17) is 4.99 Å². The smallest absolute Gasteiger partial charge is 0.223 e. The number of rotatable bonds is 11. The van der Waals surface area contributed by atoms with E-state index in [1.54, 1.807) is 0 Å². The van der Waals surface area contributed by atoms with Crippen LogP contribution in [0, 0.1) is 5.92 Å². The summed E-state index contributed by atoms with van der Waals surface area (Å²) >= 11 is 1.89. The number of nitrogens with one attached hydrogen (secondary N) is 2. The van der Waals surface area contributed by atoms with Crippen LogP contribution >= 0.6 is 35.7 Å². The van der Waals surface area contributed by atoms with Crippen LogP contribution in [0.4, 0.5) is 0 Å². The first-order valence-corrected chi connectivity index (χ1v) is 11.4. The SMILES string of the molecule is CCNC(=NCC1CC(=O)N(CCc2ccccc2)C1)NCCCCSC.I. The third-order valence-corrected chi connectivity index (χ3v) is 5.42. The van der Waals surface area contributed by atoms with Crippen LogP contribution in [0.2, 0.25) is 0 Å². The molecular weight excluding hydrogens is 483 g/mol. The van der Waals surface area contributed by atoms with Crippen molar-refractivity contribution < 1.29 is 4.79 Å². The van der Waals surface area contributed by atoms with Crippen LogP contribution in [0.25, 0.3) is 0 Å². The van der Waals surface area contributed by atoms with Crippen LogP contribution in [-0.2, 0) is 11.2 Å². The van der Waals surface area contributed by atoms with Crippen LogP contribution in [0.15, 0.2) is 35.3 Å². The molecule has 7 heteroatoms. The van der Waals surface area contributed by atoms with Crippen molar-refractivity contribution in [1.82, 2.24) is 15.5 Å². The van der Waals surface area contributed by atoms with E-state index in [-0.39, 0.29) is 29.9 Å². The Hall–Kier alpha value is -0.960. The number of aliphatic imine (C=N–C) groups is 1. The molecule has 1 heterocycles. The summed E-state index contributed by atoms with van der Waals surface area (Å²) in [5.41, 5.74) is 1.28. The van der Waals surface area contributed by atoms with Crippen LogP contribution < -0.4 is 10.6 Å². The van der Waals surface area contributed by atoms with Gasteiger partial charge in [0.25, 0.3) is 0 Å². The van der Waals surface area contributed by atoms with Crippen LogP contribution in [0.3, 0.4) is 0 Å². The van der Waals surface area contributed by atoms with Gasteiger partial charge in [-0.25, -0.2) is 0 Å². The van der Waals surface area contributed by atoms with E-state index in [1.807, 2.05) is 22.7 Å². The average molecular weight is 519 g/mol. The summed E-state index contributed by atoms with van der Waals surface area (Å²) in [7, 11) is 0. The number of halogens is 1. The molecule has 1 aliphatic rings. The monoisotopic (exact) mass is 518 g/mol. The van der Waals surface area contributed by atoms with E-state index < -0.39 is 0 Å². The average Bonchev–Trinajstić information content (AvgIpc) is 3.04. The fraction of sp³-hybridized carbons (Fsp3) is 0.619. The highest BCUT2D eigenvalue weighted by Gasteiger charge is 2.28. The quantitative estimate of drug-likeness (QED) is 0.204. The van der Waals surface area contributed by atoms with Gasteiger partial charge in [-0.05, 0) is 43.8 Å². The Labute approximate surface area is 191 Å². The molecular formula is C21H35IN4OS. The second kappa shape index (κ2) is 15.0. The third kappa shape index (κ3) is 9.49. The molecule has 1 saturated heterocycles. The predicted molar refractivity (Wildman–Crippen MR) is 132 cm³/mol. The van der Waals surface area contributed by atoms with Crippen molar-refractivity contribution in [3.05, 3.63) is 35.9 Å². The van der Waals surface area contributed by atoms with Crippen molar-refractivity contribution >= 4 is 47.6 Å². The molecule has 1 fully saturated rings. The zero-order valence-corrected chi connectivity index (χ0v) is 20.3. The van der Waals surface area contributed by atoms with Gasteiger partial charge in [-0.15, -0.1) is 24.0 Å². The second-order valence-corrected chi connectivity index (χ2v) is 7.98. The summed E-state index contributed by atoms with van der Waals surface area (Å²) < 4.78 is 0. The lowest BCUT2D eigenvalue weighted by atomic mass is 10.1. The minimum absolute atomic E-state index is 0. The summed E-state index contributed by atoms with van der Waals surface area (Å²) in [6, 6.07) is 10.4. The number of benzene rings is 1. The summed E-state index contributed by atoms with van der Waals surface area (Å²) in [5.74, 6) is 2.66. The number of nitrogens with zero attached hydrogens (tertiary/aromatic N) is 2. The number of carbonyl (C=O) groups is 1. The molecule has 0 radical (unpaired) electrons. The highest BCUT2D eigenvalue weighted by atomic mass is 127. The Kier molecular flexibility index (Phi) is 13.4. The van der Waals surface area contributed by atoms with Gasteiger partial charge in [-0.3, -0.25) is 9.79 Å². The van der Waals surface area contributed by atoms with Gasteiger partial charge in [0.2, 0.25) is 5.91 Å². The molecule has 1 aromatic carbocycles. The lowest BCUT2D eigenvalue weighted by molar-refractivity contribution is -0.127. The summed E-state index contributed by atoms with van der Waals surface area (Å²) in [5, 5.41) is 6.71. The predicted octanol–water partition coefficient (Wildman–Crippen LogP) is 3.39. The van der Waals surface area contributed by atoms with E-state index in [1.165, 1.54) is 17.7 Å². The van der Waals surface area contributed by atoms with E-state index in [0.717, 1.165) is 45.0 Å². The van der Waals surface area contributed by atoms with E-state index in [0.29, 0.717) is 18.9 Å². The summed E-state index contributed by atoms with van der Waals surface area (Å²) in [6.45, 7) is 6.20. The van der Waals surface area contributed by atoms with E-state index in [2.05, 4.69) is 48.1 Å². The minimum Gasteiger partial charge on any atom is -0.357 e. The molecule has 158 valence electrons. The Morgan fingerprint density at radius 2 is 2.04 bits per heavy atom. The highest BCUT2D eigenvalue weighted by molar-refractivity contribution is 14.0. The van der Waals surface area contributed by atoms with Gasteiger partial charge in [0.15, 0.2) is 5.96 Å². The van der Waals surface area contributed by atoms with Crippen molar-refractivity contribution in [3.63, 3.8) is 0 Å². The zero-order chi connectivity index (χ0) is 19.3. The Morgan fingerprint density at radius 1 is 1.25 bits per heavy atom. The number of thioether (sulfide) groups is 1. The Morgan fingerprint density at radius 3 is 2.75 bits per heavy atom. The largest absolute Gasteiger partial charge is 0.357 e. The molecule has 2 N–H and O–H groups in total. The number of carbonyl (C=O) groups excluding carboxylic acids is 1.